The summed E-state index contributed by atoms with van der Waals surface area (Å²) in [6.07, 6.45) is 3.70. The van der Waals surface area contributed by atoms with Crippen molar-refractivity contribution in [3.63, 3.8) is 0 Å². The number of ether oxygens (including phenoxy) is 2. The minimum atomic E-state index is -0.966. The minimum Gasteiger partial charge on any atom is -0.484 e. The van der Waals surface area contributed by atoms with E-state index in [0.717, 1.165) is 22.8 Å². The van der Waals surface area contributed by atoms with Crippen molar-refractivity contribution in [2.75, 3.05) is 19.0 Å². The molecule has 0 saturated heterocycles. The third-order valence-electron chi connectivity index (χ3n) is 6.81. The zero-order chi connectivity index (χ0) is 30.6. The number of rotatable bonds is 9. The number of carbonyl (C=O) groups excluding carboxylic acids is 2. The van der Waals surface area contributed by atoms with Crippen molar-refractivity contribution in [3.8, 4) is 39.7 Å². The number of thiophene rings is 1. The van der Waals surface area contributed by atoms with Gasteiger partial charge in [-0.05, 0) is 58.5 Å². The number of amides is 1. The van der Waals surface area contributed by atoms with Gasteiger partial charge in [0.25, 0.3) is 5.91 Å². The van der Waals surface area contributed by atoms with Crippen LogP contribution in [0.15, 0.2) is 96.6 Å². The van der Waals surface area contributed by atoms with E-state index in [1.54, 1.807) is 29.6 Å². The normalized spacial score (nSPS) is 11.0. The molecular weight excluding hydrogens is 586 g/mol. The van der Waals surface area contributed by atoms with Crippen LogP contribution in [0, 0.1) is 11.6 Å². The molecule has 4 aromatic rings. The van der Waals surface area contributed by atoms with Crippen LogP contribution in [0.2, 0.25) is 0 Å². The number of anilines is 1. The first-order valence-corrected chi connectivity index (χ1v) is 14.3. The summed E-state index contributed by atoms with van der Waals surface area (Å²) >= 11 is 1.18. The lowest BCUT2D eigenvalue weighted by Gasteiger charge is -2.10. The summed E-state index contributed by atoms with van der Waals surface area (Å²) in [4.78, 5) is 33.2. The van der Waals surface area contributed by atoms with E-state index in [9.17, 15) is 18.4 Å². The number of methoxy groups -OCH3 is 1. The van der Waals surface area contributed by atoms with E-state index < -0.39 is 23.5 Å². The Morgan fingerprint density at radius 1 is 0.909 bits per heavy atom. The molecule has 6 rings (SSSR count). The number of carbonyl (C=O) groups is 2. The van der Waals surface area contributed by atoms with Crippen LogP contribution in [-0.4, -0.2) is 40.1 Å². The van der Waals surface area contributed by atoms with Gasteiger partial charge >= 0.3 is 5.97 Å². The predicted molar refractivity (Wildman–Crippen MR) is 163 cm³/mol. The van der Waals surface area contributed by atoms with Gasteiger partial charge in [-0.3, -0.25) is 4.79 Å². The summed E-state index contributed by atoms with van der Waals surface area (Å²) < 4.78 is 40.2. The molecule has 0 aliphatic carbocycles. The molecule has 1 N–H and O–H groups in total. The lowest BCUT2D eigenvalue weighted by molar-refractivity contribution is -0.118. The van der Waals surface area contributed by atoms with Crippen LogP contribution in [0.25, 0.3) is 33.9 Å². The Bertz CT molecular complexity index is 1920. The molecule has 0 radical (unpaired) electrons. The second kappa shape index (κ2) is 12.4. The highest BCUT2D eigenvalue weighted by atomic mass is 32.1. The summed E-state index contributed by atoms with van der Waals surface area (Å²) in [6.45, 7) is 0.362. The van der Waals surface area contributed by atoms with Crippen molar-refractivity contribution in [3.05, 3.63) is 119 Å². The second-order valence-corrected chi connectivity index (χ2v) is 10.7. The van der Waals surface area contributed by atoms with Gasteiger partial charge in [0, 0.05) is 18.9 Å². The molecule has 0 fully saturated rings. The lowest BCUT2D eigenvalue weighted by Crippen LogP contribution is -2.21. The Balaban J connectivity index is 1.06. The molecule has 8 nitrogen and oxygen atoms in total. The Morgan fingerprint density at radius 2 is 1.64 bits per heavy atom. The highest BCUT2D eigenvalue weighted by Gasteiger charge is 2.18. The van der Waals surface area contributed by atoms with Gasteiger partial charge in [0.05, 0.1) is 24.1 Å². The van der Waals surface area contributed by atoms with Crippen LogP contribution in [0.1, 0.15) is 15.2 Å². The SMILES string of the molecule is COC(=O)c1sccc1NC(=O)COc1ccc(-c2ccc(Cn3ccc4nc(-c5cccc(F)c5F)nc-4c3)cc2)cc1. The molecule has 2 aliphatic heterocycles. The standard InChI is InChI=1S/C33H24F2N4O4S/c1-42-33(41)31-27(14-16-44-31)36-29(40)19-43-23-11-9-22(10-12-23)21-7-5-20(6-8-21)17-39-15-13-26-28(18-39)38-32(37-26)24-3-2-4-25(34)30(24)35/h2-16,18H,17,19H2,1H3,(H,36,40). The first-order chi connectivity index (χ1) is 21.4. The lowest BCUT2D eigenvalue weighted by atomic mass is 10.0. The Morgan fingerprint density at radius 3 is 2.39 bits per heavy atom. The number of nitrogens with one attached hydrogen (secondary N) is 1. The molecule has 1 amide bonds. The molecular formula is C33H24F2N4O4S. The molecule has 44 heavy (non-hydrogen) atoms. The summed E-state index contributed by atoms with van der Waals surface area (Å²) in [7, 11) is 1.29. The highest BCUT2D eigenvalue weighted by Crippen LogP contribution is 2.28. The number of hydrogen-bond acceptors (Lipinski definition) is 7. The molecule has 0 spiro atoms. The van der Waals surface area contributed by atoms with E-state index in [4.69, 9.17) is 9.47 Å². The van der Waals surface area contributed by atoms with E-state index in [1.165, 1.54) is 30.6 Å². The highest BCUT2D eigenvalue weighted by molar-refractivity contribution is 7.12. The van der Waals surface area contributed by atoms with E-state index in [1.807, 2.05) is 53.4 Å². The van der Waals surface area contributed by atoms with Crippen molar-refractivity contribution in [1.82, 2.24) is 14.5 Å². The number of aromatic nitrogens is 3. The smallest absolute Gasteiger partial charge is 0.350 e. The molecule has 11 heteroatoms. The van der Waals surface area contributed by atoms with E-state index in [0.29, 0.717) is 34.2 Å². The molecule has 2 aliphatic rings. The first kappa shape index (κ1) is 28.7. The molecule has 3 heterocycles. The van der Waals surface area contributed by atoms with Gasteiger partial charge in [0.2, 0.25) is 0 Å². The fraction of sp³-hybridized carbons (Fsp3) is 0.0909. The van der Waals surface area contributed by atoms with Crippen molar-refractivity contribution in [2.24, 2.45) is 0 Å². The van der Waals surface area contributed by atoms with Crippen molar-refractivity contribution < 1.29 is 27.8 Å². The monoisotopic (exact) mass is 610 g/mol. The van der Waals surface area contributed by atoms with Crippen molar-refractivity contribution in [2.45, 2.75) is 6.54 Å². The van der Waals surface area contributed by atoms with Crippen LogP contribution >= 0.6 is 11.3 Å². The van der Waals surface area contributed by atoms with Crippen LogP contribution in [0.4, 0.5) is 14.5 Å². The van der Waals surface area contributed by atoms with Crippen molar-refractivity contribution in [1.29, 1.82) is 0 Å². The Labute approximate surface area is 254 Å². The second-order valence-electron chi connectivity index (χ2n) is 9.75. The Kier molecular flexibility index (Phi) is 8.11. The summed E-state index contributed by atoms with van der Waals surface area (Å²) in [5.41, 5.74) is 4.64. The molecule has 1 aromatic heterocycles. The zero-order valence-electron chi connectivity index (χ0n) is 23.3. The maximum absolute atomic E-state index is 14.2. The number of hydrogen-bond donors (Lipinski definition) is 1. The predicted octanol–water partition coefficient (Wildman–Crippen LogP) is 6.91. The number of pyridine rings is 1. The molecule has 220 valence electrons. The number of esters is 1. The number of nitrogens with zero attached hydrogens (tertiary/aromatic N) is 3. The molecule has 0 atom stereocenters. The van der Waals surface area contributed by atoms with Crippen LogP contribution < -0.4 is 10.1 Å². The van der Waals surface area contributed by atoms with Gasteiger partial charge in [-0.1, -0.05) is 42.5 Å². The third kappa shape index (κ3) is 6.18. The minimum absolute atomic E-state index is 0.0260. The third-order valence-corrected chi connectivity index (χ3v) is 7.70. The van der Waals surface area contributed by atoms with Gasteiger partial charge in [-0.15, -0.1) is 11.3 Å². The van der Waals surface area contributed by atoms with Crippen LogP contribution in [0.3, 0.4) is 0 Å². The number of benzene rings is 3. The number of imidazole rings is 1. The van der Waals surface area contributed by atoms with Crippen molar-refractivity contribution >= 4 is 28.9 Å². The molecule has 0 bridgehead atoms. The van der Waals surface area contributed by atoms with Gasteiger partial charge in [0.1, 0.15) is 16.3 Å². The van der Waals surface area contributed by atoms with Gasteiger partial charge in [0.15, 0.2) is 24.1 Å². The van der Waals surface area contributed by atoms with E-state index in [-0.39, 0.29) is 18.0 Å². The molecule has 0 saturated carbocycles. The van der Waals surface area contributed by atoms with Gasteiger partial charge in [-0.2, -0.15) is 0 Å². The summed E-state index contributed by atoms with van der Waals surface area (Å²) in [5, 5.41) is 4.36. The maximum atomic E-state index is 14.2. The van der Waals surface area contributed by atoms with Crippen LogP contribution in [-0.2, 0) is 16.1 Å². The van der Waals surface area contributed by atoms with Gasteiger partial charge < -0.3 is 19.4 Å². The van der Waals surface area contributed by atoms with Crippen LogP contribution in [0.5, 0.6) is 5.75 Å². The summed E-state index contributed by atoms with van der Waals surface area (Å²) in [5.74, 6) is -2.13. The zero-order valence-corrected chi connectivity index (χ0v) is 24.1. The van der Waals surface area contributed by atoms with E-state index in [2.05, 4.69) is 15.3 Å². The summed E-state index contributed by atoms with van der Waals surface area (Å²) in [6, 6.07) is 22.9. The Hall–Kier alpha value is -5.42. The quantitative estimate of drug-likeness (QED) is 0.179. The van der Waals surface area contributed by atoms with E-state index >= 15 is 0 Å². The molecule has 3 aromatic carbocycles. The molecule has 0 unspecified atom stereocenters. The van der Waals surface area contributed by atoms with Gasteiger partial charge in [-0.25, -0.2) is 23.5 Å². The largest absolute Gasteiger partial charge is 0.484 e. The topological polar surface area (TPSA) is 95.3 Å². The number of halogens is 2. The maximum Gasteiger partial charge on any atom is 0.350 e. The first-order valence-electron chi connectivity index (χ1n) is 13.4. The average Bonchev–Trinajstić information content (AvgIpc) is 3.68. The average molecular weight is 611 g/mol. The fourth-order valence-corrected chi connectivity index (χ4v) is 5.36. The fourth-order valence-electron chi connectivity index (χ4n) is 4.60. The number of fused-ring (bicyclic) bond motifs is 1.